The Morgan fingerprint density at radius 2 is 1.63 bits per heavy atom. The average Bonchev–Trinajstić information content (AvgIpc) is 3.19. The lowest BCUT2D eigenvalue weighted by molar-refractivity contribution is -0.118. The number of thiophene rings is 1. The van der Waals surface area contributed by atoms with Crippen molar-refractivity contribution in [1.29, 1.82) is 0 Å². The molecule has 5 nitrogen and oxygen atoms in total. The van der Waals surface area contributed by atoms with Gasteiger partial charge >= 0.3 is 0 Å². The number of carbonyl (C=O) groups excluding carboxylic acids is 2. The molecule has 0 aliphatic carbocycles. The van der Waals surface area contributed by atoms with Crippen LogP contribution in [0.1, 0.15) is 20.8 Å². The molecule has 0 aliphatic rings. The third-order valence-corrected chi connectivity index (χ3v) is 4.89. The van der Waals surface area contributed by atoms with E-state index in [1.807, 2.05) is 43.5 Å². The molecule has 2 N–H and O–H groups in total. The Morgan fingerprint density at radius 1 is 0.926 bits per heavy atom. The van der Waals surface area contributed by atoms with E-state index < -0.39 is 0 Å². The lowest BCUT2D eigenvalue weighted by atomic mass is 10.1. The van der Waals surface area contributed by atoms with Gasteiger partial charge in [0.1, 0.15) is 5.75 Å². The summed E-state index contributed by atoms with van der Waals surface area (Å²) in [6, 6.07) is 16.3. The Bertz CT molecular complexity index is 935. The van der Waals surface area contributed by atoms with Crippen molar-refractivity contribution in [3.63, 3.8) is 0 Å². The minimum Gasteiger partial charge on any atom is -0.484 e. The Labute approximate surface area is 162 Å². The van der Waals surface area contributed by atoms with E-state index in [1.165, 1.54) is 16.9 Å². The van der Waals surface area contributed by atoms with Gasteiger partial charge in [0, 0.05) is 11.4 Å². The second-order valence-electron chi connectivity index (χ2n) is 6.09. The van der Waals surface area contributed by atoms with E-state index >= 15 is 0 Å². The standard InChI is InChI=1S/C21H20N2O3S/c1-14-5-10-18(12-15(14)2)26-13-20(24)22-16-6-8-17(9-7-16)23-21(25)19-4-3-11-27-19/h3-12H,13H2,1-2H3,(H,22,24)(H,23,25). The highest BCUT2D eigenvalue weighted by Crippen LogP contribution is 2.18. The number of hydrogen-bond acceptors (Lipinski definition) is 4. The van der Waals surface area contributed by atoms with Crippen molar-refractivity contribution in [1.82, 2.24) is 0 Å². The van der Waals surface area contributed by atoms with Crippen molar-refractivity contribution in [3.05, 3.63) is 76.0 Å². The van der Waals surface area contributed by atoms with Crippen LogP contribution < -0.4 is 15.4 Å². The first-order chi connectivity index (χ1) is 13.0. The molecule has 0 aliphatic heterocycles. The number of aryl methyl sites for hydroxylation is 2. The Morgan fingerprint density at radius 3 is 2.26 bits per heavy atom. The van der Waals surface area contributed by atoms with Crippen LogP contribution in [0.4, 0.5) is 11.4 Å². The topological polar surface area (TPSA) is 67.4 Å². The van der Waals surface area contributed by atoms with Gasteiger partial charge in [-0.1, -0.05) is 12.1 Å². The van der Waals surface area contributed by atoms with Gasteiger partial charge in [0.25, 0.3) is 11.8 Å². The first-order valence-electron chi connectivity index (χ1n) is 8.46. The summed E-state index contributed by atoms with van der Waals surface area (Å²) in [5.74, 6) is 0.270. The minimum atomic E-state index is -0.247. The summed E-state index contributed by atoms with van der Waals surface area (Å²) in [4.78, 5) is 24.7. The zero-order valence-corrected chi connectivity index (χ0v) is 15.9. The number of amides is 2. The molecule has 0 fully saturated rings. The van der Waals surface area contributed by atoms with Crippen molar-refractivity contribution in [2.45, 2.75) is 13.8 Å². The lowest BCUT2D eigenvalue weighted by Crippen LogP contribution is -2.20. The van der Waals surface area contributed by atoms with Crippen LogP contribution in [0.3, 0.4) is 0 Å². The molecular weight excluding hydrogens is 360 g/mol. The van der Waals surface area contributed by atoms with E-state index in [0.29, 0.717) is 22.0 Å². The van der Waals surface area contributed by atoms with Crippen LogP contribution in [-0.2, 0) is 4.79 Å². The zero-order valence-electron chi connectivity index (χ0n) is 15.1. The average molecular weight is 380 g/mol. The van der Waals surface area contributed by atoms with Crippen LogP contribution in [0, 0.1) is 13.8 Å². The van der Waals surface area contributed by atoms with Crippen LogP contribution in [0.5, 0.6) is 5.75 Å². The molecule has 0 saturated heterocycles. The molecule has 2 amide bonds. The zero-order chi connectivity index (χ0) is 19.2. The maximum atomic E-state index is 12.1. The molecule has 0 unspecified atom stereocenters. The highest BCUT2D eigenvalue weighted by atomic mass is 32.1. The summed E-state index contributed by atoms with van der Waals surface area (Å²) in [5.41, 5.74) is 3.60. The first-order valence-corrected chi connectivity index (χ1v) is 9.34. The van der Waals surface area contributed by atoms with Crippen LogP contribution >= 0.6 is 11.3 Å². The first kappa shape index (κ1) is 18.7. The molecule has 0 spiro atoms. The number of hydrogen-bond donors (Lipinski definition) is 2. The summed E-state index contributed by atoms with van der Waals surface area (Å²) in [6.45, 7) is 3.96. The predicted molar refractivity (Wildman–Crippen MR) is 109 cm³/mol. The number of nitrogens with one attached hydrogen (secondary N) is 2. The molecule has 138 valence electrons. The molecule has 0 radical (unpaired) electrons. The van der Waals surface area contributed by atoms with Gasteiger partial charge in [-0.3, -0.25) is 9.59 Å². The van der Waals surface area contributed by atoms with E-state index in [0.717, 1.165) is 5.56 Å². The fourth-order valence-electron chi connectivity index (χ4n) is 2.39. The second-order valence-corrected chi connectivity index (χ2v) is 7.04. The van der Waals surface area contributed by atoms with E-state index in [4.69, 9.17) is 4.74 Å². The largest absolute Gasteiger partial charge is 0.484 e. The van der Waals surface area contributed by atoms with Gasteiger partial charge < -0.3 is 15.4 Å². The summed E-state index contributed by atoms with van der Waals surface area (Å²) < 4.78 is 5.53. The molecular formula is C21H20N2O3S. The fourth-order valence-corrected chi connectivity index (χ4v) is 3.01. The Balaban J connectivity index is 1.50. The van der Waals surface area contributed by atoms with Gasteiger partial charge in [-0.05, 0) is 72.8 Å². The van der Waals surface area contributed by atoms with Gasteiger partial charge in [-0.2, -0.15) is 0 Å². The molecule has 0 saturated carbocycles. The number of ether oxygens (including phenoxy) is 1. The highest BCUT2D eigenvalue weighted by Gasteiger charge is 2.08. The van der Waals surface area contributed by atoms with E-state index in [9.17, 15) is 9.59 Å². The highest BCUT2D eigenvalue weighted by molar-refractivity contribution is 7.12. The lowest BCUT2D eigenvalue weighted by Gasteiger charge is -2.10. The van der Waals surface area contributed by atoms with Crippen LogP contribution in [0.15, 0.2) is 60.0 Å². The predicted octanol–water partition coefficient (Wildman–Crippen LogP) is 4.63. The van der Waals surface area contributed by atoms with Gasteiger partial charge in [0.15, 0.2) is 6.61 Å². The van der Waals surface area contributed by atoms with Crippen molar-refractivity contribution in [2.75, 3.05) is 17.2 Å². The molecule has 3 aromatic rings. The number of rotatable bonds is 6. The third-order valence-electron chi connectivity index (χ3n) is 4.02. The molecule has 0 bridgehead atoms. The molecule has 1 heterocycles. The number of benzene rings is 2. The summed E-state index contributed by atoms with van der Waals surface area (Å²) in [6.07, 6.45) is 0. The Kier molecular flexibility index (Phi) is 5.88. The van der Waals surface area contributed by atoms with E-state index in [1.54, 1.807) is 30.3 Å². The third kappa shape index (κ3) is 5.18. The SMILES string of the molecule is Cc1ccc(OCC(=O)Nc2ccc(NC(=O)c3cccs3)cc2)cc1C. The van der Waals surface area contributed by atoms with Gasteiger partial charge in [0.05, 0.1) is 4.88 Å². The summed E-state index contributed by atoms with van der Waals surface area (Å²) >= 11 is 1.38. The maximum Gasteiger partial charge on any atom is 0.265 e. The molecule has 0 atom stereocenters. The van der Waals surface area contributed by atoms with Crippen LogP contribution in [0.2, 0.25) is 0 Å². The molecule has 1 aromatic heterocycles. The second kappa shape index (κ2) is 8.51. The molecule has 3 rings (SSSR count). The molecule has 2 aromatic carbocycles. The minimum absolute atomic E-state index is 0.0701. The van der Waals surface area contributed by atoms with Gasteiger partial charge in [0.2, 0.25) is 0 Å². The van der Waals surface area contributed by atoms with Crippen LogP contribution in [-0.4, -0.2) is 18.4 Å². The Hall–Kier alpha value is -3.12. The molecule has 27 heavy (non-hydrogen) atoms. The van der Waals surface area contributed by atoms with E-state index in [2.05, 4.69) is 10.6 Å². The van der Waals surface area contributed by atoms with Crippen molar-refractivity contribution < 1.29 is 14.3 Å². The van der Waals surface area contributed by atoms with Crippen molar-refractivity contribution >= 4 is 34.5 Å². The van der Waals surface area contributed by atoms with Crippen molar-refractivity contribution in [3.8, 4) is 5.75 Å². The smallest absolute Gasteiger partial charge is 0.265 e. The van der Waals surface area contributed by atoms with E-state index in [-0.39, 0.29) is 18.4 Å². The fraction of sp³-hybridized carbons (Fsp3) is 0.143. The maximum absolute atomic E-state index is 12.1. The quantitative estimate of drug-likeness (QED) is 0.655. The summed E-state index contributed by atoms with van der Waals surface area (Å²) in [7, 11) is 0. The summed E-state index contributed by atoms with van der Waals surface area (Å²) in [5, 5.41) is 7.44. The monoisotopic (exact) mass is 380 g/mol. The van der Waals surface area contributed by atoms with Crippen LogP contribution in [0.25, 0.3) is 0 Å². The normalized spacial score (nSPS) is 10.3. The van der Waals surface area contributed by atoms with Gasteiger partial charge in [-0.25, -0.2) is 0 Å². The number of anilines is 2. The van der Waals surface area contributed by atoms with Crippen molar-refractivity contribution in [2.24, 2.45) is 0 Å². The number of carbonyl (C=O) groups is 2. The molecule has 6 heteroatoms. The van der Waals surface area contributed by atoms with Gasteiger partial charge in [-0.15, -0.1) is 11.3 Å².